The maximum Gasteiger partial charge on any atom is 0.408 e. The molecule has 2 atom stereocenters. The fraction of sp³-hybridized carbons (Fsp3) is 0.318. The van der Waals surface area contributed by atoms with Crippen LogP contribution in [0.4, 0.5) is 4.79 Å². The predicted molar refractivity (Wildman–Crippen MR) is 104 cm³/mol. The van der Waals surface area contributed by atoms with Gasteiger partial charge in [-0.2, -0.15) is 5.26 Å². The molecular formula is C22H23N3O3. The molecule has 2 aromatic carbocycles. The summed E-state index contributed by atoms with van der Waals surface area (Å²) in [7, 11) is 0. The van der Waals surface area contributed by atoms with Gasteiger partial charge in [-0.15, -0.1) is 0 Å². The molecule has 2 aromatic rings. The van der Waals surface area contributed by atoms with Crippen molar-refractivity contribution in [1.82, 2.24) is 10.2 Å². The van der Waals surface area contributed by atoms with E-state index in [1.807, 2.05) is 60.7 Å². The summed E-state index contributed by atoms with van der Waals surface area (Å²) in [6, 6.07) is 17.6. The summed E-state index contributed by atoms with van der Waals surface area (Å²) in [5.41, 5.74) is 1.81. The van der Waals surface area contributed by atoms with Gasteiger partial charge in [0.2, 0.25) is 0 Å². The lowest BCUT2D eigenvalue weighted by Gasteiger charge is -2.24. The molecule has 6 heteroatoms. The summed E-state index contributed by atoms with van der Waals surface area (Å²) in [5.74, 6) is -0.153. The molecule has 28 heavy (non-hydrogen) atoms. The summed E-state index contributed by atoms with van der Waals surface area (Å²) >= 11 is 0. The minimum absolute atomic E-state index is 0.132. The minimum Gasteiger partial charge on any atom is -0.445 e. The Hall–Kier alpha value is -3.33. The molecule has 0 aromatic heterocycles. The predicted octanol–water partition coefficient (Wildman–Crippen LogP) is 3.04. The topological polar surface area (TPSA) is 82.4 Å². The lowest BCUT2D eigenvalue weighted by molar-refractivity contribution is -0.124. The van der Waals surface area contributed by atoms with Crippen LogP contribution in [0.25, 0.3) is 0 Å². The van der Waals surface area contributed by atoms with Gasteiger partial charge in [-0.05, 0) is 30.4 Å². The molecule has 0 radical (unpaired) electrons. The summed E-state index contributed by atoms with van der Waals surface area (Å²) in [6.45, 7) is 0.704. The number of nitriles is 1. The number of Topliss-reactive ketones (excluding diaryl/α,β-unsaturated/α-hetero) is 1. The monoisotopic (exact) mass is 377 g/mol. The van der Waals surface area contributed by atoms with Gasteiger partial charge in [0.15, 0.2) is 12.0 Å². The highest BCUT2D eigenvalue weighted by Gasteiger charge is 2.35. The van der Waals surface area contributed by atoms with Crippen LogP contribution in [0.15, 0.2) is 60.7 Å². The zero-order valence-corrected chi connectivity index (χ0v) is 15.6. The lowest BCUT2D eigenvalue weighted by atomic mass is 9.97. The van der Waals surface area contributed by atoms with Gasteiger partial charge in [-0.3, -0.25) is 4.79 Å². The Bertz CT molecular complexity index is 833. The van der Waals surface area contributed by atoms with Crippen LogP contribution in [0, 0.1) is 11.5 Å². The van der Waals surface area contributed by atoms with E-state index in [1.165, 1.54) is 4.90 Å². The van der Waals surface area contributed by atoms with Crippen molar-refractivity contribution in [3.63, 3.8) is 0 Å². The fourth-order valence-electron chi connectivity index (χ4n) is 3.39. The molecule has 1 N–H and O–H groups in total. The summed E-state index contributed by atoms with van der Waals surface area (Å²) in [5, 5.41) is 12.0. The van der Waals surface area contributed by atoms with Crippen molar-refractivity contribution < 1.29 is 14.3 Å². The summed E-state index contributed by atoms with van der Waals surface area (Å²) in [6.07, 6.45) is 3.22. The van der Waals surface area contributed by atoms with Crippen molar-refractivity contribution in [2.45, 2.75) is 38.0 Å². The van der Waals surface area contributed by atoms with Crippen LogP contribution < -0.4 is 5.32 Å². The number of carbonyl (C=O) groups excluding carboxylic acids is 2. The van der Waals surface area contributed by atoms with E-state index in [2.05, 4.69) is 11.5 Å². The van der Waals surface area contributed by atoms with E-state index in [0.717, 1.165) is 17.5 Å². The number of nitrogens with one attached hydrogen (secondary N) is 1. The highest BCUT2D eigenvalue weighted by atomic mass is 16.5. The van der Waals surface area contributed by atoms with Crippen LogP contribution in [0.5, 0.6) is 0 Å². The van der Waals surface area contributed by atoms with Crippen LogP contribution in [-0.2, 0) is 22.6 Å². The SMILES string of the molecule is N#CN1CCCC1C(=O)[C@H](Cc1ccccc1)NC(=O)OCc1ccccc1. The van der Waals surface area contributed by atoms with Crippen LogP contribution in [0.3, 0.4) is 0 Å². The zero-order chi connectivity index (χ0) is 19.8. The molecule has 144 valence electrons. The Kier molecular flexibility index (Phi) is 6.64. The van der Waals surface area contributed by atoms with Crippen molar-refractivity contribution in [1.29, 1.82) is 5.26 Å². The van der Waals surface area contributed by atoms with Crippen LogP contribution in [-0.4, -0.2) is 35.4 Å². The van der Waals surface area contributed by atoms with Crippen LogP contribution >= 0.6 is 0 Å². The first kappa shape index (κ1) is 19.4. The number of ether oxygens (including phenoxy) is 1. The molecule has 1 fully saturated rings. The Morgan fingerprint density at radius 1 is 1.11 bits per heavy atom. The second-order valence-electron chi connectivity index (χ2n) is 6.80. The molecule has 1 aliphatic heterocycles. The minimum atomic E-state index is -0.746. The van der Waals surface area contributed by atoms with Crippen LogP contribution in [0.2, 0.25) is 0 Å². The fourth-order valence-corrected chi connectivity index (χ4v) is 3.39. The highest BCUT2D eigenvalue weighted by molar-refractivity contribution is 5.92. The molecular weight excluding hydrogens is 354 g/mol. The van der Waals surface area contributed by atoms with Crippen molar-refractivity contribution in [3.05, 3.63) is 71.8 Å². The molecule has 6 nitrogen and oxygen atoms in total. The van der Waals surface area contributed by atoms with Crippen molar-refractivity contribution in [2.75, 3.05) is 6.54 Å². The van der Waals surface area contributed by atoms with Gasteiger partial charge in [-0.1, -0.05) is 60.7 Å². The van der Waals surface area contributed by atoms with Gasteiger partial charge in [0.05, 0.1) is 12.1 Å². The van der Waals surface area contributed by atoms with Gasteiger partial charge in [0.25, 0.3) is 0 Å². The number of benzene rings is 2. The quantitative estimate of drug-likeness (QED) is 0.750. The first-order valence-corrected chi connectivity index (χ1v) is 9.38. The molecule has 0 spiro atoms. The van der Waals surface area contributed by atoms with E-state index in [4.69, 9.17) is 4.74 Å². The third-order valence-electron chi connectivity index (χ3n) is 4.84. The van der Waals surface area contributed by atoms with E-state index >= 15 is 0 Å². The van der Waals surface area contributed by atoms with Crippen molar-refractivity contribution in [3.8, 4) is 6.19 Å². The Morgan fingerprint density at radius 3 is 2.39 bits per heavy atom. The van der Waals surface area contributed by atoms with Gasteiger partial charge in [0, 0.05) is 6.54 Å². The molecule has 0 aliphatic carbocycles. The summed E-state index contributed by atoms with van der Waals surface area (Å²) in [4.78, 5) is 26.9. The van der Waals surface area contributed by atoms with E-state index < -0.39 is 18.2 Å². The van der Waals surface area contributed by atoms with E-state index in [1.54, 1.807) is 0 Å². The van der Waals surface area contributed by atoms with Crippen molar-refractivity contribution in [2.24, 2.45) is 0 Å². The van der Waals surface area contributed by atoms with Gasteiger partial charge >= 0.3 is 6.09 Å². The van der Waals surface area contributed by atoms with E-state index in [9.17, 15) is 14.9 Å². The van der Waals surface area contributed by atoms with E-state index in [-0.39, 0.29) is 12.4 Å². The molecule has 0 saturated carbocycles. The number of amides is 1. The molecule has 1 saturated heterocycles. The Labute approximate surface area is 164 Å². The van der Waals surface area contributed by atoms with Crippen molar-refractivity contribution >= 4 is 11.9 Å². The number of ketones is 1. The number of nitrogens with zero attached hydrogens (tertiary/aromatic N) is 2. The number of hydrogen-bond acceptors (Lipinski definition) is 5. The number of rotatable bonds is 7. The second kappa shape index (κ2) is 9.56. The van der Waals surface area contributed by atoms with Gasteiger partial charge < -0.3 is 15.0 Å². The normalized spacial score (nSPS) is 16.8. The number of carbonyl (C=O) groups is 2. The standard InChI is InChI=1S/C22H23N3O3/c23-16-25-13-7-12-20(25)21(26)19(14-17-8-3-1-4-9-17)24-22(27)28-15-18-10-5-2-6-11-18/h1-6,8-11,19-20H,7,12-15H2,(H,24,27)/t19-,20?/m0/s1. The summed E-state index contributed by atoms with van der Waals surface area (Å²) < 4.78 is 5.28. The third-order valence-corrected chi connectivity index (χ3v) is 4.84. The van der Waals surface area contributed by atoms with Gasteiger partial charge in [-0.25, -0.2) is 4.79 Å². The Morgan fingerprint density at radius 2 is 1.75 bits per heavy atom. The maximum absolute atomic E-state index is 13.1. The third kappa shape index (κ3) is 5.10. The van der Waals surface area contributed by atoms with E-state index in [0.29, 0.717) is 19.4 Å². The molecule has 1 heterocycles. The smallest absolute Gasteiger partial charge is 0.408 e. The molecule has 3 rings (SSSR count). The molecule has 0 bridgehead atoms. The zero-order valence-electron chi connectivity index (χ0n) is 15.6. The van der Waals surface area contributed by atoms with Gasteiger partial charge in [0.1, 0.15) is 6.61 Å². The average molecular weight is 377 g/mol. The maximum atomic E-state index is 13.1. The largest absolute Gasteiger partial charge is 0.445 e. The molecule has 1 amide bonds. The van der Waals surface area contributed by atoms with Crippen LogP contribution in [0.1, 0.15) is 24.0 Å². The second-order valence-corrected chi connectivity index (χ2v) is 6.80. The number of alkyl carbamates (subject to hydrolysis) is 1. The number of hydrogen-bond donors (Lipinski definition) is 1. The number of likely N-dealkylation sites (tertiary alicyclic amines) is 1. The molecule has 1 aliphatic rings. The highest BCUT2D eigenvalue weighted by Crippen LogP contribution is 2.19. The molecule has 1 unspecified atom stereocenters. The first-order valence-electron chi connectivity index (χ1n) is 9.38. The lowest BCUT2D eigenvalue weighted by Crippen LogP contribution is -2.49. The Balaban J connectivity index is 1.67. The first-order chi connectivity index (χ1) is 13.7. The average Bonchev–Trinajstić information content (AvgIpc) is 3.21.